The van der Waals surface area contributed by atoms with Crippen LogP contribution in [0.5, 0.6) is 0 Å². The third kappa shape index (κ3) is 4.17. The van der Waals surface area contributed by atoms with E-state index in [4.69, 9.17) is 0 Å². The summed E-state index contributed by atoms with van der Waals surface area (Å²) in [5, 5.41) is 5.78. The largest absolute Gasteiger partial charge is 0.334 e. The zero-order valence-corrected chi connectivity index (χ0v) is 16.7. The number of carbonyl (C=O) groups is 1. The Kier molecular flexibility index (Phi) is 5.47. The molecule has 1 heterocycles. The Morgan fingerprint density at radius 1 is 1.04 bits per heavy atom. The lowest BCUT2D eigenvalue weighted by Crippen LogP contribution is -2.28. The number of nitrogens with zero attached hydrogens (tertiary/aromatic N) is 1. The van der Waals surface area contributed by atoms with Gasteiger partial charge in [-0.1, -0.05) is 39.7 Å². The fourth-order valence-electron chi connectivity index (χ4n) is 3.02. The molecule has 26 heavy (non-hydrogen) atoms. The summed E-state index contributed by atoms with van der Waals surface area (Å²) in [5.41, 5.74) is 6.51. The van der Waals surface area contributed by atoms with E-state index in [2.05, 4.69) is 82.2 Å². The van der Waals surface area contributed by atoms with Gasteiger partial charge in [-0.15, -0.1) is 0 Å². The number of rotatable bonds is 4. The zero-order valence-electron chi connectivity index (χ0n) is 15.1. The van der Waals surface area contributed by atoms with Gasteiger partial charge in [-0.25, -0.2) is 4.79 Å². The molecule has 0 bridgehead atoms. The maximum atomic E-state index is 12.2. The van der Waals surface area contributed by atoms with Crippen LogP contribution in [0.25, 0.3) is 5.69 Å². The first-order chi connectivity index (χ1) is 12.4. The third-order valence-electron chi connectivity index (χ3n) is 4.35. The lowest BCUT2D eigenvalue weighted by atomic mass is 10.2. The van der Waals surface area contributed by atoms with Crippen molar-refractivity contribution in [1.29, 1.82) is 0 Å². The van der Waals surface area contributed by atoms with Crippen molar-refractivity contribution in [2.24, 2.45) is 0 Å². The Morgan fingerprint density at radius 3 is 2.46 bits per heavy atom. The molecule has 0 atom stereocenters. The molecule has 0 aliphatic heterocycles. The molecule has 2 aromatic carbocycles. The molecule has 1 aromatic heterocycles. The second-order valence-corrected chi connectivity index (χ2v) is 7.30. The van der Waals surface area contributed by atoms with Gasteiger partial charge in [-0.05, 0) is 62.7 Å². The number of nitrogens with one attached hydrogen (secondary N) is 2. The van der Waals surface area contributed by atoms with Crippen LogP contribution in [-0.2, 0) is 6.54 Å². The molecule has 0 fully saturated rings. The van der Waals surface area contributed by atoms with Gasteiger partial charge < -0.3 is 15.2 Å². The van der Waals surface area contributed by atoms with Gasteiger partial charge in [0.05, 0.1) is 0 Å². The Hall–Kier alpha value is -2.53. The second kappa shape index (κ2) is 7.79. The number of anilines is 1. The molecule has 5 heteroatoms. The fraction of sp³-hybridized carbons (Fsp3) is 0.190. The summed E-state index contributed by atoms with van der Waals surface area (Å²) in [4.78, 5) is 12.2. The Balaban J connectivity index is 1.70. The van der Waals surface area contributed by atoms with Crippen molar-refractivity contribution in [3.05, 3.63) is 81.6 Å². The van der Waals surface area contributed by atoms with Crippen LogP contribution in [0, 0.1) is 20.8 Å². The average molecular weight is 412 g/mol. The number of aryl methyl sites for hydroxylation is 2. The minimum absolute atomic E-state index is 0.219. The zero-order chi connectivity index (χ0) is 18.7. The predicted octanol–water partition coefficient (Wildman–Crippen LogP) is 5.49. The molecule has 3 rings (SSSR count). The van der Waals surface area contributed by atoms with Crippen molar-refractivity contribution < 1.29 is 4.79 Å². The summed E-state index contributed by atoms with van der Waals surface area (Å²) < 4.78 is 3.14. The summed E-state index contributed by atoms with van der Waals surface area (Å²) in [6.07, 6.45) is 0. The number of carbonyl (C=O) groups excluding carboxylic acids is 1. The summed E-state index contributed by atoms with van der Waals surface area (Å²) in [5.74, 6) is 0. The number of hydrogen-bond donors (Lipinski definition) is 2. The molecule has 0 unspecified atom stereocenters. The van der Waals surface area contributed by atoms with Crippen LogP contribution in [0.4, 0.5) is 10.5 Å². The van der Waals surface area contributed by atoms with E-state index in [0.717, 1.165) is 32.8 Å². The van der Waals surface area contributed by atoms with Crippen LogP contribution >= 0.6 is 15.9 Å². The lowest BCUT2D eigenvalue weighted by Gasteiger charge is -2.11. The van der Waals surface area contributed by atoms with Crippen molar-refractivity contribution in [3.63, 3.8) is 0 Å². The van der Waals surface area contributed by atoms with Gasteiger partial charge >= 0.3 is 6.03 Å². The Labute approximate surface area is 162 Å². The second-order valence-electron chi connectivity index (χ2n) is 6.39. The van der Waals surface area contributed by atoms with Gasteiger partial charge in [0.25, 0.3) is 0 Å². The van der Waals surface area contributed by atoms with Crippen LogP contribution < -0.4 is 10.6 Å². The normalized spacial score (nSPS) is 10.6. The summed E-state index contributed by atoms with van der Waals surface area (Å²) in [7, 11) is 0. The van der Waals surface area contributed by atoms with Gasteiger partial charge in [0, 0.05) is 33.8 Å². The van der Waals surface area contributed by atoms with Crippen molar-refractivity contribution >= 4 is 27.6 Å². The van der Waals surface area contributed by atoms with Gasteiger partial charge in [-0.3, -0.25) is 0 Å². The maximum Gasteiger partial charge on any atom is 0.319 e. The number of amides is 2. The van der Waals surface area contributed by atoms with Gasteiger partial charge in [0.15, 0.2) is 0 Å². The Morgan fingerprint density at radius 2 is 1.77 bits per heavy atom. The monoisotopic (exact) mass is 411 g/mol. The fourth-order valence-corrected chi connectivity index (χ4v) is 3.42. The molecule has 0 saturated heterocycles. The standard InChI is InChI=1S/C21H22BrN3O/c1-14-7-9-20(10-8-14)25-15(2)11-17(16(25)3)13-23-21(26)24-19-6-4-5-18(22)12-19/h4-12H,13H2,1-3H3,(H2,23,24,26). The van der Waals surface area contributed by atoms with Crippen molar-refractivity contribution in [3.8, 4) is 5.69 Å². The molecule has 134 valence electrons. The first-order valence-corrected chi connectivity index (χ1v) is 9.28. The van der Waals surface area contributed by atoms with E-state index in [1.54, 1.807) is 0 Å². The molecule has 0 aliphatic rings. The van der Waals surface area contributed by atoms with E-state index in [1.807, 2.05) is 24.3 Å². The molecule has 2 amide bonds. The third-order valence-corrected chi connectivity index (χ3v) is 4.84. The minimum atomic E-state index is -0.219. The van der Waals surface area contributed by atoms with E-state index < -0.39 is 0 Å². The number of urea groups is 1. The molecule has 0 spiro atoms. The van der Waals surface area contributed by atoms with E-state index in [0.29, 0.717) is 6.54 Å². The smallest absolute Gasteiger partial charge is 0.319 e. The van der Waals surface area contributed by atoms with Crippen molar-refractivity contribution in [2.45, 2.75) is 27.3 Å². The van der Waals surface area contributed by atoms with Crippen molar-refractivity contribution in [1.82, 2.24) is 9.88 Å². The highest BCUT2D eigenvalue weighted by Crippen LogP contribution is 2.21. The number of aromatic nitrogens is 1. The number of benzene rings is 2. The molecular formula is C21H22BrN3O. The van der Waals surface area contributed by atoms with Gasteiger partial charge in [-0.2, -0.15) is 0 Å². The van der Waals surface area contributed by atoms with Crippen molar-refractivity contribution in [2.75, 3.05) is 5.32 Å². The van der Waals surface area contributed by atoms with Crippen LogP contribution in [0.15, 0.2) is 59.1 Å². The molecule has 0 aliphatic carbocycles. The topological polar surface area (TPSA) is 46.1 Å². The highest BCUT2D eigenvalue weighted by Gasteiger charge is 2.11. The van der Waals surface area contributed by atoms with Gasteiger partial charge in [0.2, 0.25) is 0 Å². The highest BCUT2D eigenvalue weighted by molar-refractivity contribution is 9.10. The summed E-state index contributed by atoms with van der Waals surface area (Å²) in [6.45, 7) is 6.72. The minimum Gasteiger partial charge on any atom is -0.334 e. The predicted molar refractivity (Wildman–Crippen MR) is 110 cm³/mol. The first-order valence-electron chi connectivity index (χ1n) is 8.49. The maximum absolute atomic E-state index is 12.2. The molecule has 3 aromatic rings. The number of hydrogen-bond acceptors (Lipinski definition) is 1. The quantitative estimate of drug-likeness (QED) is 0.585. The van der Waals surface area contributed by atoms with E-state index in [-0.39, 0.29) is 6.03 Å². The molecular weight excluding hydrogens is 390 g/mol. The number of halogens is 1. The van der Waals surface area contributed by atoms with Crippen LogP contribution in [0.2, 0.25) is 0 Å². The molecule has 4 nitrogen and oxygen atoms in total. The highest BCUT2D eigenvalue weighted by atomic mass is 79.9. The van der Waals surface area contributed by atoms with E-state index in [1.165, 1.54) is 5.56 Å². The van der Waals surface area contributed by atoms with Gasteiger partial charge in [0.1, 0.15) is 0 Å². The van der Waals surface area contributed by atoms with Crippen LogP contribution in [0.3, 0.4) is 0 Å². The Bertz CT molecular complexity index is 929. The van der Waals surface area contributed by atoms with Crippen LogP contribution in [0.1, 0.15) is 22.5 Å². The van der Waals surface area contributed by atoms with Crippen LogP contribution in [-0.4, -0.2) is 10.6 Å². The molecule has 0 saturated carbocycles. The summed E-state index contributed by atoms with van der Waals surface area (Å²) >= 11 is 3.40. The SMILES string of the molecule is Cc1ccc(-n2c(C)cc(CNC(=O)Nc3cccc(Br)c3)c2C)cc1. The average Bonchev–Trinajstić information content (AvgIpc) is 2.88. The molecule has 0 radical (unpaired) electrons. The lowest BCUT2D eigenvalue weighted by molar-refractivity contribution is 0.251. The summed E-state index contributed by atoms with van der Waals surface area (Å²) in [6, 6.07) is 17.9. The molecule has 2 N–H and O–H groups in total. The van der Waals surface area contributed by atoms with E-state index >= 15 is 0 Å². The first kappa shape index (κ1) is 18.3. The van der Waals surface area contributed by atoms with E-state index in [9.17, 15) is 4.79 Å².